The summed E-state index contributed by atoms with van der Waals surface area (Å²) in [5, 5.41) is 29.2. The topological polar surface area (TPSA) is 102 Å². The summed E-state index contributed by atoms with van der Waals surface area (Å²) >= 11 is 0. The van der Waals surface area contributed by atoms with E-state index in [9.17, 15) is 20.2 Å². The van der Waals surface area contributed by atoms with Gasteiger partial charge in [0.1, 0.15) is 0 Å². The molecule has 0 radical (unpaired) electrons. The van der Waals surface area contributed by atoms with Crippen molar-refractivity contribution in [3.63, 3.8) is 0 Å². The van der Waals surface area contributed by atoms with Crippen molar-refractivity contribution in [3.05, 3.63) is 116 Å². The summed E-state index contributed by atoms with van der Waals surface area (Å²) in [7, 11) is 0. The Morgan fingerprint density at radius 1 is 0.853 bits per heavy atom. The second-order valence-electron chi connectivity index (χ2n) is 8.48. The van der Waals surface area contributed by atoms with Gasteiger partial charge in [0.15, 0.2) is 0 Å². The van der Waals surface area contributed by atoms with Gasteiger partial charge >= 0.3 is 0 Å². The first-order valence-electron chi connectivity index (χ1n) is 11.1. The van der Waals surface area contributed by atoms with E-state index in [0.29, 0.717) is 0 Å². The van der Waals surface area contributed by atoms with Crippen LogP contribution in [0.5, 0.6) is 0 Å². The number of fused-ring (bicyclic) bond motifs is 1. The van der Waals surface area contributed by atoms with Crippen LogP contribution in [0.4, 0.5) is 17.1 Å². The zero-order valence-corrected chi connectivity index (χ0v) is 18.3. The zero-order chi connectivity index (χ0) is 23.7. The summed E-state index contributed by atoms with van der Waals surface area (Å²) in [5.41, 5.74) is 5.10. The van der Waals surface area contributed by atoms with Crippen molar-refractivity contribution in [1.29, 1.82) is 0 Å². The third-order valence-corrected chi connectivity index (χ3v) is 6.41. The molecule has 0 aromatic heterocycles. The molecular formula is C26H22N4O4. The van der Waals surface area contributed by atoms with Crippen LogP contribution < -0.4 is 5.01 Å². The molecule has 1 aliphatic carbocycles. The number of benzene rings is 3. The molecule has 2 atom stereocenters. The number of nitro groups is 2. The Morgan fingerprint density at radius 3 is 2.09 bits per heavy atom. The molecule has 170 valence electrons. The van der Waals surface area contributed by atoms with Crippen LogP contribution in [0.2, 0.25) is 0 Å². The Hall–Kier alpha value is -4.33. The molecule has 8 heteroatoms. The number of allylic oxidation sites excluding steroid dienone is 1. The number of nitro benzene ring substituents is 2. The van der Waals surface area contributed by atoms with Gasteiger partial charge < -0.3 is 0 Å². The minimum atomic E-state index is -0.402. The molecule has 3 aromatic rings. The van der Waals surface area contributed by atoms with Crippen molar-refractivity contribution < 1.29 is 9.85 Å². The Kier molecular flexibility index (Phi) is 5.63. The van der Waals surface area contributed by atoms with E-state index in [1.165, 1.54) is 12.1 Å². The molecule has 0 spiro atoms. The van der Waals surface area contributed by atoms with Gasteiger partial charge in [-0.1, -0.05) is 30.3 Å². The van der Waals surface area contributed by atoms with Gasteiger partial charge in [0.25, 0.3) is 11.4 Å². The van der Waals surface area contributed by atoms with Crippen LogP contribution in [0.1, 0.15) is 36.4 Å². The Bertz CT molecular complexity index is 1280. The second kappa shape index (κ2) is 8.90. The fraction of sp³-hybridized carbons (Fsp3) is 0.192. The van der Waals surface area contributed by atoms with Crippen molar-refractivity contribution >= 4 is 28.8 Å². The van der Waals surface area contributed by atoms with E-state index in [4.69, 9.17) is 5.10 Å². The molecule has 0 amide bonds. The number of anilines is 1. The normalized spacial score (nSPS) is 20.6. The average Bonchev–Trinajstić information content (AvgIpc) is 3.26. The van der Waals surface area contributed by atoms with E-state index in [0.717, 1.165) is 47.4 Å². The van der Waals surface area contributed by atoms with Crippen LogP contribution in [0.15, 0.2) is 89.5 Å². The molecule has 1 saturated carbocycles. The minimum absolute atomic E-state index is 0.0652. The number of hydrazone groups is 1. The van der Waals surface area contributed by atoms with Crippen molar-refractivity contribution in [3.8, 4) is 0 Å². The van der Waals surface area contributed by atoms with Crippen LogP contribution in [0.25, 0.3) is 6.08 Å². The first-order chi connectivity index (χ1) is 16.5. The first kappa shape index (κ1) is 21.5. The molecule has 1 aliphatic heterocycles. The van der Waals surface area contributed by atoms with Gasteiger partial charge in [0.05, 0.1) is 27.3 Å². The van der Waals surface area contributed by atoms with Gasteiger partial charge in [-0.25, -0.2) is 0 Å². The molecule has 0 unspecified atom stereocenters. The van der Waals surface area contributed by atoms with E-state index in [2.05, 4.69) is 6.08 Å². The maximum absolute atomic E-state index is 11.1. The number of nitrogens with zero attached hydrogens (tertiary/aromatic N) is 4. The highest BCUT2D eigenvalue weighted by molar-refractivity contribution is 6.08. The molecule has 34 heavy (non-hydrogen) atoms. The molecule has 5 rings (SSSR count). The predicted octanol–water partition coefficient (Wildman–Crippen LogP) is 6.30. The lowest BCUT2D eigenvalue weighted by Gasteiger charge is -2.30. The molecule has 0 N–H and O–H groups in total. The third kappa shape index (κ3) is 4.05. The predicted molar refractivity (Wildman–Crippen MR) is 131 cm³/mol. The highest BCUT2D eigenvalue weighted by Gasteiger charge is 2.41. The maximum atomic E-state index is 11.1. The Morgan fingerprint density at radius 2 is 1.47 bits per heavy atom. The van der Waals surface area contributed by atoms with Crippen LogP contribution in [0.3, 0.4) is 0 Å². The summed E-state index contributed by atoms with van der Waals surface area (Å²) in [6.07, 6.45) is 4.90. The number of hydrogen-bond acceptors (Lipinski definition) is 6. The molecule has 1 heterocycles. The quantitative estimate of drug-likeness (QED) is 0.332. The van der Waals surface area contributed by atoms with Gasteiger partial charge in [0.2, 0.25) is 0 Å². The molecule has 0 bridgehead atoms. The molecule has 8 nitrogen and oxygen atoms in total. The zero-order valence-electron chi connectivity index (χ0n) is 18.3. The maximum Gasteiger partial charge on any atom is 0.269 e. The van der Waals surface area contributed by atoms with Crippen LogP contribution >= 0.6 is 0 Å². The molecule has 1 fully saturated rings. The fourth-order valence-corrected chi connectivity index (χ4v) is 4.82. The van der Waals surface area contributed by atoms with Crippen molar-refractivity contribution in [2.45, 2.75) is 25.3 Å². The van der Waals surface area contributed by atoms with E-state index in [-0.39, 0.29) is 28.3 Å². The van der Waals surface area contributed by atoms with Crippen molar-refractivity contribution in [2.75, 3.05) is 5.01 Å². The van der Waals surface area contributed by atoms with Gasteiger partial charge in [-0.3, -0.25) is 25.2 Å². The fourth-order valence-electron chi connectivity index (χ4n) is 4.82. The number of non-ortho nitro benzene ring substituents is 2. The minimum Gasteiger partial charge on any atom is -0.258 e. The average molecular weight is 454 g/mol. The molecule has 3 aromatic carbocycles. The smallest absolute Gasteiger partial charge is 0.258 e. The number of hydrogen-bond donors (Lipinski definition) is 0. The monoisotopic (exact) mass is 454 g/mol. The molecule has 2 aliphatic rings. The van der Waals surface area contributed by atoms with E-state index in [1.807, 2.05) is 47.5 Å². The summed E-state index contributed by atoms with van der Waals surface area (Å²) in [6.45, 7) is 0. The summed E-state index contributed by atoms with van der Waals surface area (Å²) in [4.78, 5) is 21.3. The van der Waals surface area contributed by atoms with Gasteiger partial charge in [-0.2, -0.15) is 5.10 Å². The lowest BCUT2D eigenvalue weighted by molar-refractivity contribution is -0.385. The summed E-state index contributed by atoms with van der Waals surface area (Å²) in [6, 6.07) is 23.1. The van der Waals surface area contributed by atoms with Crippen molar-refractivity contribution in [2.24, 2.45) is 11.0 Å². The molecular weight excluding hydrogens is 432 g/mol. The highest BCUT2D eigenvalue weighted by atomic mass is 16.6. The lowest BCUT2D eigenvalue weighted by atomic mass is 9.77. The third-order valence-electron chi connectivity index (χ3n) is 6.41. The number of para-hydroxylation sites is 1. The van der Waals surface area contributed by atoms with Gasteiger partial charge in [-0.15, -0.1) is 0 Å². The lowest BCUT2D eigenvalue weighted by Crippen LogP contribution is -2.28. The largest absolute Gasteiger partial charge is 0.269 e. The molecule has 0 saturated heterocycles. The second-order valence-corrected chi connectivity index (χ2v) is 8.48. The highest BCUT2D eigenvalue weighted by Crippen LogP contribution is 2.46. The Labute approximate surface area is 196 Å². The van der Waals surface area contributed by atoms with Crippen LogP contribution in [-0.4, -0.2) is 15.6 Å². The van der Waals surface area contributed by atoms with Crippen LogP contribution in [-0.2, 0) is 0 Å². The van der Waals surface area contributed by atoms with E-state index >= 15 is 0 Å². The van der Waals surface area contributed by atoms with Gasteiger partial charge in [0, 0.05) is 30.2 Å². The first-order valence-corrected chi connectivity index (χ1v) is 11.1. The van der Waals surface area contributed by atoms with Crippen molar-refractivity contribution in [1.82, 2.24) is 0 Å². The number of rotatable bonds is 5. The van der Waals surface area contributed by atoms with E-state index < -0.39 is 4.92 Å². The summed E-state index contributed by atoms with van der Waals surface area (Å²) < 4.78 is 0. The standard InChI is InChI=1S/C26H22N4O4/c31-29(32)22-13-9-18(10-14-22)17-20-5-4-8-24-25(20)27-28(21-6-2-1-3-7-21)26(24)19-11-15-23(16-12-19)30(33)34/h1-3,6-7,9-17,24,26H,4-5,8H2/b20-17-/t24-,26+/m1/s1. The Balaban J connectivity index is 1.54. The summed E-state index contributed by atoms with van der Waals surface area (Å²) in [5.74, 6) is 0.139. The SMILES string of the molecule is O=[N+]([O-])c1ccc(/C=C2/CCC[C@@H]3C2=NN(c2ccccc2)[C@H]3c2ccc([N+](=O)[O-])cc2)cc1. The van der Waals surface area contributed by atoms with Crippen LogP contribution in [0, 0.1) is 26.1 Å². The van der Waals surface area contributed by atoms with E-state index in [1.54, 1.807) is 24.3 Å². The van der Waals surface area contributed by atoms with Gasteiger partial charge in [-0.05, 0) is 66.3 Å².